The van der Waals surface area contributed by atoms with Crippen LogP contribution in [0, 0.1) is 28.6 Å². The smallest absolute Gasteiger partial charge is 0.370 e. The van der Waals surface area contributed by atoms with Gasteiger partial charge in [-0.2, -0.15) is 23.7 Å². The Bertz CT molecular complexity index is 565. The van der Waals surface area contributed by atoms with Crippen molar-refractivity contribution in [2.24, 2.45) is 5.92 Å². The number of nitrogens with zero attached hydrogens (tertiary/aromatic N) is 3. The molecule has 1 aromatic carbocycles. The Morgan fingerprint density at radius 3 is 2.38 bits per heavy atom. The third-order valence-corrected chi connectivity index (χ3v) is 2.87. The summed E-state index contributed by atoms with van der Waals surface area (Å²) in [5.41, 5.74) is -0.798. The van der Waals surface area contributed by atoms with E-state index in [0.29, 0.717) is 18.8 Å². The molecule has 0 fully saturated rings. The highest BCUT2D eigenvalue weighted by atomic mass is 19.4. The van der Waals surface area contributed by atoms with Gasteiger partial charge in [0.05, 0.1) is 29.7 Å². The summed E-state index contributed by atoms with van der Waals surface area (Å²) in [5.74, 6) is 0.288. The van der Waals surface area contributed by atoms with E-state index in [1.807, 2.05) is 24.8 Å². The lowest BCUT2D eigenvalue weighted by Gasteiger charge is -2.26. The molecule has 6 heteroatoms. The molecule has 0 heterocycles. The first kappa shape index (κ1) is 16.8. The van der Waals surface area contributed by atoms with Crippen LogP contribution in [0.3, 0.4) is 0 Å². The Morgan fingerprint density at radius 1 is 1.24 bits per heavy atom. The molecule has 0 radical (unpaired) electrons. The fourth-order valence-electron chi connectivity index (χ4n) is 2.02. The van der Waals surface area contributed by atoms with Gasteiger partial charge in [0.2, 0.25) is 0 Å². The summed E-state index contributed by atoms with van der Waals surface area (Å²) in [6.45, 7) is 4.99. The molecule has 0 spiro atoms. The number of rotatable bonds is 5. The van der Waals surface area contributed by atoms with E-state index < -0.39 is 17.3 Å². The second kappa shape index (κ2) is 6.99. The molecule has 1 rings (SSSR count). The number of anilines is 1. The fourth-order valence-corrected chi connectivity index (χ4v) is 2.02. The number of nitriles is 2. The molecule has 112 valence electrons. The van der Waals surface area contributed by atoms with Gasteiger partial charge in [-0.25, -0.2) is 0 Å². The van der Waals surface area contributed by atoms with Gasteiger partial charge >= 0.3 is 6.18 Å². The van der Waals surface area contributed by atoms with Crippen LogP contribution in [-0.4, -0.2) is 13.1 Å². The Morgan fingerprint density at radius 2 is 1.90 bits per heavy atom. The van der Waals surface area contributed by atoms with E-state index in [4.69, 9.17) is 10.5 Å². The number of hydrogen-bond acceptors (Lipinski definition) is 3. The summed E-state index contributed by atoms with van der Waals surface area (Å²) in [6.07, 6.45) is -4.27. The predicted molar refractivity (Wildman–Crippen MR) is 73.4 cm³/mol. The van der Waals surface area contributed by atoms with Crippen molar-refractivity contribution in [3.63, 3.8) is 0 Å². The van der Waals surface area contributed by atoms with Gasteiger partial charge in [-0.1, -0.05) is 13.8 Å². The van der Waals surface area contributed by atoms with Crippen LogP contribution >= 0.6 is 0 Å². The second-order valence-corrected chi connectivity index (χ2v) is 5.09. The van der Waals surface area contributed by atoms with Gasteiger partial charge in [-0.3, -0.25) is 0 Å². The van der Waals surface area contributed by atoms with Crippen molar-refractivity contribution in [2.75, 3.05) is 18.0 Å². The van der Waals surface area contributed by atoms with Crippen LogP contribution in [0.5, 0.6) is 0 Å². The Balaban J connectivity index is 3.16. The van der Waals surface area contributed by atoms with Gasteiger partial charge in [-0.15, -0.1) is 0 Å². The number of benzene rings is 1. The van der Waals surface area contributed by atoms with Crippen LogP contribution in [0.2, 0.25) is 0 Å². The maximum Gasteiger partial charge on any atom is 0.417 e. The van der Waals surface area contributed by atoms with E-state index in [-0.39, 0.29) is 12.3 Å². The minimum absolute atomic E-state index is 0.273. The monoisotopic (exact) mass is 295 g/mol. The molecule has 0 aliphatic rings. The number of halogens is 3. The molecule has 0 aliphatic carbocycles. The molecule has 0 aromatic heterocycles. The highest BCUT2D eigenvalue weighted by molar-refractivity contribution is 5.55. The highest BCUT2D eigenvalue weighted by Crippen LogP contribution is 2.33. The molecule has 3 nitrogen and oxygen atoms in total. The van der Waals surface area contributed by atoms with E-state index in [1.54, 1.807) is 6.07 Å². The van der Waals surface area contributed by atoms with Crippen LogP contribution in [0.25, 0.3) is 0 Å². The minimum Gasteiger partial charge on any atom is -0.370 e. The van der Waals surface area contributed by atoms with E-state index in [1.165, 1.54) is 12.1 Å². The zero-order valence-electron chi connectivity index (χ0n) is 11.9. The molecular formula is C15H16F3N3. The van der Waals surface area contributed by atoms with Crippen molar-refractivity contribution in [2.45, 2.75) is 26.4 Å². The van der Waals surface area contributed by atoms with Gasteiger partial charge in [0, 0.05) is 18.8 Å². The first-order valence-electron chi connectivity index (χ1n) is 6.52. The Labute approximate surface area is 122 Å². The molecule has 0 amide bonds. The van der Waals surface area contributed by atoms with Crippen LogP contribution in [0.15, 0.2) is 18.2 Å². The maximum atomic E-state index is 12.8. The standard InChI is InChI=1S/C15H16F3N3/c1-11(2)10-21(7-3-6-19)13-4-5-14(15(16,17)18)12(8-13)9-20/h4-5,8,11H,3,7,10H2,1-2H3. The molecule has 0 aliphatic heterocycles. The average molecular weight is 295 g/mol. The lowest BCUT2D eigenvalue weighted by atomic mass is 10.1. The zero-order valence-corrected chi connectivity index (χ0v) is 11.9. The zero-order chi connectivity index (χ0) is 16.0. The third kappa shape index (κ3) is 4.68. The van der Waals surface area contributed by atoms with Crippen LogP contribution in [0.4, 0.5) is 18.9 Å². The van der Waals surface area contributed by atoms with E-state index in [9.17, 15) is 13.2 Å². The molecule has 0 bridgehead atoms. The molecule has 0 saturated heterocycles. The van der Waals surface area contributed by atoms with Gasteiger partial charge in [0.25, 0.3) is 0 Å². The molecule has 1 aromatic rings. The van der Waals surface area contributed by atoms with Gasteiger partial charge < -0.3 is 4.90 Å². The molecule has 0 unspecified atom stereocenters. The average Bonchev–Trinajstić information content (AvgIpc) is 2.41. The maximum absolute atomic E-state index is 12.8. The van der Waals surface area contributed by atoms with Crippen molar-refractivity contribution < 1.29 is 13.2 Å². The van der Waals surface area contributed by atoms with Gasteiger partial charge in [0.1, 0.15) is 0 Å². The summed E-state index contributed by atoms with van der Waals surface area (Å²) < 4.78 is 38.3. The summed E-state index contributed by atoms with van der Waals surface area (Å²) in [6, 6.07) is 7.13. The van der Waals surface area contributed by atoms with Crippen molar-refractivity contribution in [3.8, 4) is 12.1 Å². The van der Waals surface area contributed by atoms with Gasteiger partial charge in [-0.05, 0) is 24.1 Å². The topological polar surface area (TPSA) is 50.8 Å². The largest absolute Gasteiger partial charge is 0.417 e. The first-order valence-corrected chi connectivity index (χ1v) is 6.52. The number of hydrogen-bond donors (Lipinski definition) is 0. The van der Waals surface area contributed by atoms with Gasteiger partial charge in [0.15, 0.2) is 0 Å². The summed E-state index contributed by atoms with van der Waals surface area (Å²) in [7, 11) is 0. The summed E-state index contributed by atoms with van der Waals surface area (Å²) in [5, 5.41) is 17.6. The molecule has 21 heavy (non-hydrogen) atoms. The SMILES string of the molecule is CC(C)CN(CCC#N)c1ccc(C(F)(F)F)c(C#N)c1. The normalized spacial score (nSPS) is 11.0. The lowest BCUT2D eigenvalue weighted by molar-refractivity contribution is -0.137. The summed E-state index contributed by atoms with van der Waals surface area (Å²) in [4.78, 5) is 1.83. The quantitative estimate of drug-likeness (QED) is 0.826. The van der Waals surface area contributed by atoms with Crippen LogP contribution < -0.4 is 4.90 Å². The van der Waals surface area contributed by atoms with Crippen LogP contribution in [-0.2, 0) is 6.18 Å². The van der Waals surface area contributed by atoms with Crippen molar-refractivity contribution in [1.29, 1.82) is 10.5 Å². The van der Waals surface area contributed by atoms with E-state index >= 15 is 0 Å². The van der Waals surface area contributed by atoms with E-state index in [2.05, 4.69) is 0 Å². The third-order valence-electron chi connectivity index (χ3n) is 2.87. The lowest BCUT2D eigenvalue weighted by Crippen LogP contribution is -2.28. The van der Waals surface area contributed by atoms with Crippen molar-refractivity contribution in [1.82, 2.24) is 0 Å². The minimum atomic E-state index is -4.54. The highest BCUT2D eigenvalue weighted by Gasteiger charge is 2.33. The van der Waals surface area contributed by atoms with E-state index in [0.717, 1.165) is 6.07 Å². The first-order chi connectivity index (χ1) is 9.79. The molecule has 0 N–H and O–H groups in total. The van der Waals surface area contributed by atoms with Crippen molar-refractivity contribution in [3.05, 3.63) is 29.3 Å². The Hall–Kier alpha value is -2.21. The second-order valence-electron chi connectivity index (χ2n) is 5.09. The number of alkyl halides is 3. The van der Waals surface area contributed by atoms with Crippen LogP contribution in [0.1, 0.15) is 31.4 Å². The Kier molecular flexibility index (Phi) is 5.60. The summed E-state index contributed by atoms with van der Waals surface area (Å²) >= 11 is 0. The molecule has 0 saturated carbocycles. The predicted octanol–water partition coefficient (Wildman–Crippen LogP) is 3.95. The fraction of sp³-hybridized carbons (Fsp3) is 0.467. The molecule has 0 atom stereocenters. The molecular weight excluding hydrogens is 279 g/mol. The van der Waals surface area contributed by atoms with Crippen molar-refractivity contribution >= 4 is 5.69 Å².